The molecule has 2 aromatic heterocycles. The standard InChI is InChI=1S/C13H12N4O3S/c1-17-13(14-15-16-17)21-7-6-19-10-4-2-9-3-5-12(18)20-11(9)8-10/h2-5,8H,6-7H2,1H3. The van der Waals surface area contributed by atoms with E-state index in [9.17, 15) is 4.79 Å². The molecule has 0 atom stereocenters. The zero-order chi connectivity index (χ0) is 14.7. The zero-order valence-corrected chi connectivity index (χ0v) is 12.0. The molecule has 0 bridgehead atoms. The Kier molecular flexibility index (Phi) is 3.87. The molecule has 3 aromatic rings. The van der Waals surface area contributed by atoms with Gasteiger partial charge in [-0.1, -0.05) is 11.8 Å². The Labute approximate surface area is 123 Å². The van der Waals surface area contributed by atoms with E-state index < -0.39 is 0 Å². The molecule has 2 heterocycles. The summed E-state index contributed by atoms with van der Waals surface area (Å²) in [6, 6.07) is 8.53. The third-order valence-electron chi connectivity index (χ3n) is 2.76. The van der Waals surface area contributed by atoms with Crippen LogP contribution < -0.4 is 10.4 Å². The van der Waals surface area contributed by atoms with Gasteiger partial charge in [0, 0.05) is 30.3 Å². The molecule has 0 aliphatic rings. The third-order valence-corrected chi connectivity index (χ3v) is 3.73. The second-order valence-corrected chi connectivity index (χ2v) is 5.30. The minimum Gasteiger partial charge on any atom is -0.493 e. The molecule has 0 aliphatic carbocycles. The Balaban J connectivity index is 1.60. The molecule has 21 heavy (non-hydrogen) atoms. The summed E-state index contributed by atoms with van der Waals surface area (Å²) < 4.78 is 12.4. The average molecular weight is 304 g/mol. The smallest absolute Gasteiger partial charge is 0.336 e. The van der Waals surface area contributed by atoms with Crippen LogP contribution in [0.25, 0.3) is 11.0 Å². The summed E-state index contributed by atoms with van der Waals surface area (Å²) in [5.41, 5.74) is 0.148. The van der Waals surface area contributed by atoms with Crippen LogP contribution in [-0.4, -0.2) is 32.6 Å². The van der Waals surface area contributed by atoms with Crippen LogP contribution in [0.2, 0.25) is 0 Å². The second kappa shape index (κ2) is 5.96. The number of ether oxygens (including phenoxy) is 1. The lowest BCUT2D eigenvalue weighted by atomic mass is 10.2. The molecule has 0 unspecified atom stereocenters. The van der Waals surface area contributed by atoms with Crippen LogP contribution in [0.5, 0.6) is 5.75 Å². The first-order valence-electron chi connectivity index (χ1n) is 6.24. The number of fused-ring (bicyclic) bond motifs is 1. The number of tetrazole rings is 1. The minimum absolute atomic E-state index is 0.370. The molecule has 0 amide bonds. The van der Waals surface area contributed by atoms with Crippen LogP contribution in [0.15, 0.2) is 44.7 Å². The Morgan fingerprint density at radius 1 is 1.33 bits per heavy atom. The van der Waals surface area contributed by atoms with E-state index >= 15 is 0 Å². The molecule has 0 spiro atoms. The number of aryl methyl sites for hydroxylation is 1. The van der Waals surface area contributed by atoms with Crippen LogP contribution in [0.4, 0.5) is 0 Å². The summed E-state index contributed by atoms with van der Waals surface area (Å²) in [5, 5.41) is 12.8. The predicted octanol–water partition coefficient (Wildman–Crippen LogP) is 1.49. The summed E-state index contributed by atoms with van der Waals surface area (Å²) >= 11 is 1.51. The van der Waals surface area contributed by atoms with Gasteiger partial charge in [0.1, 0.15) is 11.3 Å². The fourth-order valence-electron chi connectivity index (χ4n) is 1.77. The van der Waals surface area contributed by atoms with E-state index in [0.29, 0.717) is 23.7 Å². The molecule has 0 aliphatic heterocycles. The molecule has 1 aromatic carbocycles. The van der Waals surface area contributed by atoms with E-state index in [0.717, 1.165) is 10.5 Å². The Morgan fingerprint density at radius 2 is 2.19 bits per heavy atom. The van der Waals surface area contributed by atoms with Gasteiger partial charge in [0.15, 0.2) is 0 Å². The van der Waals surface area contributed by atoms with Gasteiger partial charge in [-0.05, 0) is 28.6 Å². The van der Waals surface area contributed by atoms with Crippen molar-refractivity contribution in [2.45, 2.75) is 5.16 Å². The van der Waals surface area contributed by atoms with E-state index in [1.54, 1.807) is 23.9 Å². The van der Waals surface area contributed by atoms with Crippen LogP contribution in [0.1, 0.15) is 0 Å². The van der Waals surface area contributed by atoms with Crippen molar-refractivity contribution in [1.29, 1.82) is 0 Å². The molecular weight excluding hydrogens is 292 g/mol. The van der Waals surface area contributed by atoms with Crippen molar-refractivity contribution in [3.63, 3.8) is 0 Å². The second-order valence-electron chi connectivity index (χ2n) is 4.24. The lowest BCUT2D eigenvalue weighted by Gasteiger charge is -2.06. The summed E-state index contributed by atoms with van der Waals surface area (Å²) in [7, 11) is 1.79. The van der Waals surface area contributed by atoms with E-state index in [2.05, 4.69) is 15.5 Å². The Morgan fingerprint density at radius 3 is 3.00 bits per heavy atom. The van der Waals surface area contributed by atoms with Gasteiger partial charge in [0.2, 0.25) is 5.16 Å². The molecule has 0 saturated carbocycles. The van der Waals surface area contributed by atoms with Crippen molar-refractivity contribution in [3.8, 4) is 5.75 Å². The number of nitrogens with zero attached hydrogens (tertiary/aromatic N) is 4. The highest BCUT2D eigenvalue weighted by Gasteiger charge is 2.04. The van der Waals surface area contributed by atoms with Crippen molar-refractivity contribution in [1.82, 2.24) is 20.2 Å². The maximum atomic E-state index is 11.2. The van der Waals surface area contributed by atoms with Gasteiger partial charge in [0.25, 0.3) is 0 Å². The van der Waals surface area contributed by atoms with Crippen molar-refractivity contribution < 1.29 is 9.15 Å². The number of hydrogen-bond acceptors (Lipinski definition) is 7. The average Bonchev–Trinajstić information content (AvgIpc) is 2.88. The largest absolute Gasteiger partial charge is 0.493 e. The molecule has 7 nitrogen and oxygen atoms in total. The molecular formula is C13H12N4O3S. The quantitative estimate of drug-likeness (QED) is 0.401. The normalized spacial score (nSPS) is 10.9. The Hall–Kier alpha value is -2.35. The van der Waals surface area contributed by atoms with E-state index in [4.69, 9.17) is 9.15 Å². The maximum Gasteiger partial charge on any atom is 0.336 e. The van der Waals surface area contributed by atoms with Crippen molar-refractivity contribution in [2.75, 3.05) is 12.4 Å². The fourth-order valence-corrected chi connectivity index (χ4v) is 2.43. The van der Waals surface area contributed by atoms with Crippen LogP contribution in [0.3, 0.4) is 0 Å². The monoisotopic (exact) mass is 304 g/mol. The number of thioether (sulfide) groups is 1. The number of benzene rings is 1. The fraction of sp³-hybridized carbons (Fsp3) is 0.231. The van der Waals surface area contributed by atoms with Gasteiger partial charge in [-0.25, -0.2) is 9.48 Å². The third kappa shape index (κ3) is 3.22. The lowest BCUT2D eigenvalue weighted by molar-refractivity contribution is 0.343. The van der Waals surface area contributed by atoms with Crippen LogP contribution in [-0.2, 0) is 7.05 Å². The highest BCUT2D eigenvalue weighted by molar-refractivity contribution is 7.99. The minimum atomic E-state index is -0.370. The first-order valence-corrected chi connectivity index (χ1v) is 7.23. The van der Waals surface area contributed by atoms with Gasteiger partial charge >= 0.3 is 5.63 Å². The summed E-state index contributed by atoms with van der Waals surface area (Å²) in [6.07, 6.45) is 0. The summed E-state index contributed by atoms with van der Waals surface area (Å²) in [4.78, 5) is 11.2. The van der Waals surface area contributed by atoms with Crippen LogP contribution in [0, 0.1) is 0 Å². The lowest BCUT2D eigenvalue weighted by Crippen LogP contribution is -2.02. The molecule has 8 heteroatoms. The predicted molar refractivity (Wildman–Crippen MR) is 77.5 cm³/mol. The maximum absolute atomic E-state index is 11.2. The summed E-state index contributed by atoms with van der Waals surface area (Å²) in [5.74, 6) is 1.37. The van der Waals surface area contributed by atoms with Gasteiger partial charge < -0.3 is 9.15 Å². The van der Waals surface area contributed by atoms with E-state index in [1.165, 1.54) is 17.8 Å². The van der Waals surface area contributed by atoms with Gasteiger partial charge in [0.05, 0.1) is 6.61 Å². The summed E-state index contributed by atoms with van der Waals surface area (Å²) in [6.45, 7) is 0.500. The highest BCUT2D eigenvalue weighted by Crippen LogP contribution is 2.20. The molecule has 0 N–H and O–H groups in total. The number of hydrogen-bond donors (Lipinski definition) is 0. The van der Waals surface area contributed by atoms with Gasteiger partial charge in [-0.15, -0.1) is 5.10 Å². The van der Waals surface area contributed by atoms with Gasteiger partial charge in [-0.3, -0.25) is 0 Å². The van der Waals surface area contributed by atoms with Crippen LogP contribution >= 0.6 is 11.8 Å². The number of aromatic nitrogens is 4. The van der Waals surface area contributed by atoms with Gasteiger partial charge in [-0.2, -0.15) is 0 Å². The molecule has 0 radical (unpaired) electrons. The molecule has 3 rings (SSSR count). The topological polar surface area (TPSA) is 83.0 Å². The van der Waals surface area contributed by atoms with Crippen molar-refractivity contribution in [2.24, 2.45) is 7.05 Å². The first kappa shape index (κ1) is 13.6. The Bertz CT molecular complexity index is 814. The zero-order valence-electron chi connectivity index (χ0n) is 11.2. The highest BCUT2D eigenvalue weighted by atomic mass is 32.2. The van der Waals surface area contributed by atoms with E-state index in [1.807, 2.05) is 12.1 Å². The first-order chi connectivity index (χ1) is 10.2. The molecule has 0 saturated heterocycles. The van der Waals surface area contributed by atoms with Crippen molar-refractivity contribution >= 4 is 22.7 Å². The SMILES string of the molecule is Cn1nnnc1SCCOc1ccc2ccc(=O)oc2c1. The van der Waals surface area contributed by atoms with E-state index in [-0.39, 0.29) is 5.63 Å². The van der Waals surface area contributed by atoms with Crippen molar-refractivity contribution in [3.05, 3.63) is 40.8 Å². The molecule has 108 valence electrons. The number of rotatable bonds is 5. The molecule has 0 fully saturated rings.